The molecule has 19 heavy (non-hydrogen) atoms. The van der Waals surface area contributed by atoms with Crippen LogP contribution in [0.2, 0.25) is 0 Å². The molecule has 0 bridgehead atoms. The average Bonchev–Trinajstić information content (AvgIpc) is 2.39. The van der Waals surface area contributed by atoms with Gasteiger partial charge in [-0.3, -0.25) is 0 Å². The smallest absolute Gasteiger partial charge is 0.303 e. The number of carbonyl (C=O) groups is 1. The molecule has 0 aliphatic rings. The van der Waals surface area contributed by atoms with Crippen LogP contribution >= 0.6 is 0 Å². The molecular formula is C15H11F3O. The van der Waals surface area contributed by atoms with Crippen molar-refractivity contribution in [3.05, 3.63) is 59.7 Å². The van der Waals surface area contributed by atoms with Gasteiger partial charge in [-0.1, -0.05) is 36.4 Å². The summed E-state index contributed by atoms with van der Waals surface area (Å²) in [6, 6.07) is 12.1. The Hall–Kier alpha value is -2.10. The van der Waals surface area contributed by atoms with E-state index in [4.69, 9.17) is 0 Å². The van der Waals surface area contributed by atoms with Crippen molar-refractivity contribution in [3.8, 4) is 11.1 Å². The maximum Gasteiger partial charge on any atom is 0.416 e. The molecule has 0 N–H and O–H groups in total. The van der Waals surface area contributed by atoms with Gasteiger partial charge >= 0.3 is 6.18 Å². The van der Waals surface area contributed by atoms with Gasteiger partial charge in [0.05, 0.1) is 5.56 Å². The quantitative estimate of drug-likeness (QED) is 0.762. The lowest BCUT2D eigenvalue weighted by atomic mass is 9.96. The largest absolute Gasteiger partial charge is 0.416 e. The zero-order valence-corrected chi connectivity index (χ0v) is 9.95. The molecule has 2 aromatic rings. The molecular weight excluding hydrogens is 253 g/mol. The van der Waals surface area contributed by atoms with E-state index in [1.807, 2.05) is 0 Å². The molecule has 0 saturated heterocycles. The van der Waals surface area contributed by atoms with E-state index in [-0.39, 0.29) is 6.42 Å². The Morgan fingerprint density at radius 1 is 1.00 bits per heavy atom. The molecule has 98 valence electrons. The number of aldehydes is 1. The number of hydrogen-bond acceptors (Lipinski definition) is 1. The first-order chi connectivity index (χ1) is 9.02. The van der Waals surface area contributed by atoms with Gasteiger partial charge < -0.3 is 4.79 Å². The van der Waals surface area contributed by atoms with E-state index >= 15 is 0 Å². The van der Waals surface area contributed by atoms with E-state index < -0.39 is 11.7 Å². The fraction of sp³-hybridized carbons (Fsp3) is 0.133. The Morgan fingerprint density at radius 2 is 1.74 bits per heavy atom. The van der Waals surface area contributed by atoms with Gasteiger partial charge in [-0.25, -0.2) is 0 Å². The molecule has 0 atom stereocenters. The maximum atomic E-state index is 12.7. The second-order valence-corrected chi connectivity index (χ2v) is 4.11. The highest BCUT2D eigenvalue weighted by Gasteiger charge is 2.30. The van der Waals surface area contributed by atoms with Gasteiger partial charge in [-0.05, 0) is 28.8 Å². The first kappa shape index (κ1) is 13.3. The summed E-state index contributed by atoms with van der Waals surface area (Å²) in [5.74, 6) is 0. The van der Waals surface area contributed by atoms with E-state index in [1.165, 1.54) is 6.07 Å². The minimum Gasteiger partial charge on any atom is -0.303 e. The Bertz CT molecular complexity index is 588. The lowest BCUT2D eigenvalue weighted by Gasteiger charge is -2.11. The van der Waals surface area contributed by atoms with E-state index in [1.54, 1.807) is 30.3 Å². The zero-order valence-electron chi connectivity index (χ0n) is 9.95. The first-order valence-electron chi connectivity index (χ1n) is 5.71. The van der Waals surface area contributed by atoms with Gasteiger partial charge in [0.15, 0.2) is 0 Å². The standard InChI is InChI=1S/C15H11F3O/c16-15(17,18)13-6-3-5-12(10-13)14-7-2-1-4-11(14)8-9-19/h1-7,9-10H,8H2. The predicted octanol–water partition coefficient (Wildman–Crippen LogP) is 4.11. The van der Waals surface area contributed by atoms with Crippen LogP contribution in [0.25, 0.3) is 11.1 Å². The number of alkyl halides is 3. The van der Waals surface area contributed by atoms with Crippen LogP contribution in [0, 0.1) is 0 Å². The summed E-state index contributed by atoms with van der Waals surface area (Å²) in [5.41, 5.74) is 1.15. The van der Waals surface area contributed by atoms with Crippen LogP contribution in [0.4, 0.5) is 13.2 Å². The van der Waals surface area contributed by atoms with Crippen LogP contribution in [-0.4, -0.2) is 6.29 Å². The van der Waals surface area contributed by atoms with Crippen molar-refractivity contribution in [1.82, 2.24) is 0 Å². The second-order valence-electron chi connectivity index (χ2n) is 4.11. The van der Waals surface area contributed by atoms with Crippen LogP contribution in [0.5, 0.6) is 0 Å². The molecule has 0 heterocycles. The summed E-state index contributed by atoms with van der Waals surface area (Å²) in [7, 11) is 0. The lowest BCUT2D eigenvalue weighted by molar-refractivity contribution is -0.137. The molecule has 0 amide bonds. The summed E-state index contributed by atoms with van der Waals surface area (Å²) in [6.45, 7) is 0. The summed E-state index contributed by atoms with van der Waals surface area (Å²) in [6.07, 6.45) is -3.44. The van der Waals surface area contributed by atoms with Crippen molar-refractivity contribution in [1.29, 1.82) is 0 Å². The van der Waals surface area contributed by atoms with Crippen LogP contribution in [0.1, 0.15) is 11.1 Å². The minimum absolute atomic E-state index is 0.187. The number of benzene rings is 2. The highest BCUT2D eigenvalue weighted by atomic mass is 19.4. The molecule has 0 unspecified atom stereocenters. The van der Waals surface area contributed by atoms with Crippen LogP contribution in [-0.2, 0) is 17.4 Å². The van der Waals surface area contributed by atoms with Crippen molar-refractivity contribution < 1.29 is 18.0 Å². The number of halogens is 3. The SMILES string of the molecule is O=CCc1ccccc1-c1cccc(C(F)(F)F)c1. The van der Waals surface area contributed by atoms with Crippen molar-refractivity contribution >= 4 is 6.29 Å². The highest BCUT2D eigenvalue weighted by molar-refractivity contribution is 5.71. The van der Waals surface area contributed by atoms with Crippen LogP contribution in [0.3, 0.4) is 0 Å². The van der Waals surface area contributed by atoms with Crippen LogP contribution in [0.15, 0.2) is 48.5 Å². The van der Waals surface area contributed by atoms with Gasteiger partial charge in [0.2, 0.25) is 0 Å². The molecule has 0 radical (unpaired) electrons. The molecule has 4 heteroatoms. The summed E-state index contributed by atoms with van der Waals surface area (Å²) in [4.78, 5) is 10.6. The van der Waals surface area contributed by atoms with Gasteiger partial charge in [0, 0.05) is 6.42 Å². The second kappa shape index (κ2) is 5.26. The van der Waals surface area contributed by atoms with Gasteiger partial charge in [-0.15, -0.1) is 0 Å². The molecule has 0 aliphatic heterocycles. The number of carbonyl (C=O) groups excluding carboxylic acids is 1. The van der Waals surface area contributed by atoms with Gasteiger partial charge in [0.25, 0.3) is 0 Å². The normalized spacial score (nSPS) is 11.3. The molecule has 2 rings (SSSR count). The minimum atomic E-state index is -4.37. The van der Waals surface area contributed by atoms with E-state index in [0.717, 1.165) is 24.0 Å². The maximum absolute atomic E-state index is 12.7. The van der Waals surface area contributed by atoms with Crippen molar-refractivity contribution in [3.63, 3.8) is 0 Å². The fourth-order valence-corrected chi connectivity index (χ4v) is 1.93. The highest BCUT2D eigenvalue weighted by Crippen LogP contribution is 2.33. The summed E-state index contributed by atoms with van der Waals surface area (Å²) < 4.78 is 38.0. The number of rotatable bonds is 3. The zero-order chi connectivity index (χ0) is 13.9. The Morgan fingerprint density at radius 3 is 2.42 bits per heavy atom. The Balaban J connectivity index is 2.50. The molecule has 2 aromatic carbocycles. The summed E-state index contributed by atoms with van der Waals surface area (Å²) in [5, 5.41) is 0. The average molecular weight is 264 g/mol. The fourth-order valence-electron chi connectivity index (χ4n) is 1.93. The monoisotopic (exact) mass is 264 g/mol. The van der Waals surface area contributed by atoms with Crippen molar-refractivity contribution in [2.24, 2.45) is 0 Å². The van der Waals surface area contributed by atoms with Gasteiger partial charge in [-0.2, -0.15) is 13.2 Å². The lowest BCUT2D eigenvalue weighted by Crippen LogP contribution is -2.04. The number of hydrogen-bond donors (Lipinski definition) is 0. The van der Waals surface area contributed by atoms with Crippen LogP contribution < -0.4 is 0 Å². The van der Waals surface area contributed by atoms with Gasteiger partial charge in [0.1, 0.15) is 6.29 Å². The van der Waals surface area contributed by atoms with E-state index in [2.05, 4.69) is 0 Å². The third-order valence-electron chi connectivity index (χ3n) is 2.82. The molecule has 0 aliphatic carbocycles. The topological polar surface area (TPSA) is 17.1 Å². The molecule has 0 aromatic heterocycles. The molecule has 0 fully saturated rings. The first-order valence-corrected chi connectivity index (χ1v) is 5.71. The third kappa shape index (κ3) is 3.02. The van der Waals surface area contributed by atoms with Crippen molar-refractivity contribution in [2.45, 2.75) is 12.6 Å². The molecule has 0 spiro atoms. The third-order valence-corrected chi connectivity index (χ3v) is 2.82. The Kier molecular flexibility index (Phi) is 3.69. The van der Waals surface area contributed by atoms with Crippen molar-refractivity contribution in [2.75, 3.05) is 0 Å². The molecule has 0 saturated carbocycles. The molecule has 1 nitrogen and oxygen atoms in total. The predicted molar refractivity (Wildman–Crippen MR) is 66.6 cm³/mol. The Labute approximate surface area is 108 Å². The van der Waals surface area contributed by atoms with E-state index in [9.17, 15) is 18.0 Å². The van der Waals surface area contributed by atoms with E-state index in [0.29, 0.717) is 11.1 Å². The summed E-state index contributed by atoms with van der Waals surface area (Å²) >= 11 is 0.